The molecule has 0 aromatic carbocycles. The highest BCUT2D eigenvalue weighted by molar-refractivity contribution is 5.69. The molecule has 9 heteroatoms. The number of rotatable bonds is 17. The first-order valence-corrected chi connectivity index (χ1v) is 9.78. The van der Waals surface area contributed by atoms with Crippen molar-refractivity contribution in [2.45, 2.75) is 32.8 Å². The number of ether oxygens (including phenoxy) is 6. The Labute approximate surface area is 174 Å². The maximum absolute atomic E-state index is 11.8. The number of carbonyl (C=O) groups is 2. The predicted octanol–water partition coefficient (Wildman–Crippen LogP) is 2.04. The molecule has 1 amide bonds. The molecule has 0 N–H and O–H groups in total. The summed E-state index contributed by atoms with van der Waals surface area (Å²) >= 11 is 0. The fourth-order valence-corrected chi connectivity index (χ4v) is 1.77. The Kier molecular flexibility index (Phi) is 16.2. The third kappa shape index (κ3) is 19.4. The summed E-state index contributed by atoms with van der Waals surface area (Å²) < 4.78 is 31.5. The van der Waals surface area contributed by atoms with Gasteiger partial charge in [0.25, 0.3) is 0 Å². The number of hydrogen-bond donors (Lipinski definition) is 0. The van der Waals surface area contributed by atoms with Crippen LogP contribution in [0.5, 0.6) is 0 Å². The molecule has 0 aromatic rings. The maximum atomic E-state index is 11.8. The lowest BCUT2D eigenvalue weighted by Crippen LogP contribution is -2.36. The zero-order chi connectivity index (χ0) is 22.0. The molecule has 0 spiro atoms. The van der Waals surface area contributed by atoms with Gasteiger partial charge in [0.15, 0.2) is 0 Å². The van der Waals surface area contributed by atoms with E-state index in [2.05, 4.69) is 6.58 Å². The zero-order valence-corrected chi connectivity index (χ0v) is 18.3. The van der Waals surface area contributed by atoms with E-state index in [1.165, 1.54) is 11.0 Å². The van der Waals surface area contributed by atoms with Crippen molar-refractivity contribution in [2.24, 2.45) is 0 Å². The highest BCUT2D eigenvalue weighted by Crippen LogP contribution is 2.08. The van der Waals surface area contributed by atoms with E-state index in [-0.39, 0.29) is 25.1 Å². The first-order chi connectivity index (χ1) is 13.8. The summed E-state index contributed by atoms with van der Waals surface area (Å²) in [6.45, 7) is 12.9. The number of carbonyl (C=O) groups excluding carboxylic acids is 2. The van der Waals surface area contributed by atoms with Gasteiger partial charge in [0.05, 0.1) is 59.3 Å². The van der Waals surface area contributed by atoms with Crippen LogP contribution in [0, 0.1) is 0 Å². The molecular formula is C20H37NO8. The molecule has 9 nitrogen and oxygen atoms in total. The number of esters is 1. The van der Waals surface area contributed by atoms with Crippen LogP contribution in [0.25, 0.3) is 0 Å². The molecule has 170 valence electrons. The average molecular weight is 420 g/mol. The lowest BCUT2D eigenvalue weighted by Gasteiger charge is -2.24. The smallest absolute Gasteiger partial charge is 0.410 e. The Morgan fingerprint density at radius 3 is 1.83 bits per heavy atom. The van der Waals surface area contributed by atoms with Crippen molar-refractivity contribution in [3.8, 4) is 0 Å². The quantitative estimate of drug-likeness (QED) is 0.201. The van der Waals surface area contributed by atoms with Crippen LogP contribution in [0.4, 0.5) is 4.79 Å². The van der Waals surface area contributed by atoms with Crippen LogP contribution in [-0.4, -0.2) is 95.6 Å². The topological polar surface area (TPSA) is 92.8 Å². The molecule has 0 heterocycles. The summed E-state index contributed by atoms with van der Waals surface area (Å²) in [6.07, 6.45) is 1.36. The molecule has 0 aliphatic carbocycles. The van der Waals surface area contributed by atoms with E-state index < -0.39 is 5.60 Å². The van der Waals surface area contributed by atoms with Gasteiger partial charge in [-0.1, -0.05) is 12.7 Å². The minimum Gasteiger partial charge on any atom is -0.461 e. The van der Waals surface area contributed by atoms with Gasteiger partial charge in [0.1, 0.15) is 12.2 Å². The Balaban J connectivity index is 3.32. The summed E-state index contributed by atoms with van der Waals surface area (Å²) in [5.41, 5.74) is -0.506. The summed E-state index contributed by atoms with van der Waals surface area (Å²) in [5.74, 6) is -0.307. The van der Waals surface area contributed by atoms with Crippen molar-refractivity contribution in [1.82, 2.24) is 4.90 Å². The third-order valence-electron chi connectivity index (χ3n) is 3.20. The molecule has 0 bridgehead atoms. The first kappa shape index (κ1) is 27.3. The summed E-state index contributed by atoms with van der Waals surface area (Å²) in [7, 11) is 1.67. The number of hydrogen-bond acceptors (Lipinski definition) is 8. The number of nitrogens with zero attached hydrogens (tertiary/aromatic N) is 1. The Bertz CT molecular complexity index is 450. The van der Waals surface area contributed by atoms with Gasteiger partial charge in [-0.15, -0.1) is 0 Å². The Morgan fingerprint density at radius 2 is 1.34 bits per heavy atom. The van der Waals surface area contributed by atoms with Gasteiger partial charge in [0, 0.05) is 13.6 Å². The first-order valence-electron chi connectivity index (χ1n) is 9.78. The molecule has 0 saturated heterocycles. The van der Waals surface area contributed by atoms with Crippen LogP contribution < -0.4 is 0 Å². The fraction of sp³-hybridized carbons (Fsp3) is 0.800. The Hall–Kier alpha value is -1.68. The van der Waals surface area contributed by atoms with Gasteiger partial charge in [0.2, 0.25) is 0 Å². The second-order valence-electron chi connectivity index (χ2n) is 7.07. The second kappa shape index (κ2) is 17.2. The lowest BCUT2D eigenvalue weighted by molar-refractivity contribution is -0.143. The minimum atomic E-state index is -0.506. The van der Waals surface area contributed by atoms with Gasteiger partial charge >= 0.3 is 12.1 Å². The van der Waals surface area contributed by atoms with Crippen LogP contribution in [0.3, 0.4) is 0 Å². The van der Waals surface area contributed by atoms with E-state index in [9.17, 15) is 9.59 Å². The van der Waals surface area contributed by atoms with Gasteiger partial charge in [-0.05, 0) is 20.8 Å². The minimum absolute atomic E-state index is 0.213. The SMILES string of the molecule is C=CCOC(=O)CCOCCOCCOCCOCCN(C)C(=O)OC(C)(C)C. The predicted molar refractivity (Wildman–Crippen MR) is 108 cm³/mol. The molecule has 0 aromatic heterocycles. The lowest BCUT2D eigenvalue weighted by atomic mass is 10.2. The van der Waals surface area contributed by atoms with Gasteiger partial charge in [-0.25, -0.2) is 4.79 Å². The molecule has 0 fully saturated rings. The second-order valence-corrected chi connectivity index (χ2v) is 7.07. The van der Waals surface area contributed by atoms with Crippen LogP contribution in [0.1, 0.15) is 27.2 Å². The van der Waals surface area contributed by atoms with Gasteiger partial charge in [-0.2, -0.15) is 0 Å². The molecule has 29 heavy (non-hydrogen) atoms. The molecule has 0 aliphatic rings. The Morgan fingerprint density at radius 1 is 0.862 bits per heavy atom. The molecule has 0 unspecified atom stereocenters. The molecule has 0 aliphatic heterocycles. The van der Waals surface area contributed by atoms with Crippen molar-refractivity contribution < 1.29 is 38.0 Å². The molecule has 0 radical (unpaired) electrons. The van der Waals surface area contributed by atoms with Crippen molar-refractivity contribution in [3.63, 3.8) is 0 Å². The highest BCUT2D eigenvalue weighted by Gasteiger charge is 2.19. The van der Waals surface area contributed by atoms with E-state index >= 15 is 0 Å². The van der Waals surface area contributed by atoms with E-state index in [4.69, 9.17) is 28.4 Å². The van der Waals surface area contributed by atoms with E-state index in [0.717, 1.165) is 0 Å². The van der Waals surface area contributed by atoms with Crippen molar-refractivity contribution in [1.29, 1.82) is 0 Å². The van der Waals surface area contributed by atoms with Gasteiger partial charge in [-0.3, -0.25) is 4.79 Å². The van der Waals surface area contributed by atoms with Crippen LogP contribution in [0.15, 0.2) is 12.7 Å². The van der Waals surface area contributed by atoms with Crippen LogP contribution in [0.2, 0.25) is 0 Å². The highest BCUT2D eigenvalue weighted by atomic mass is 16.6. The van der Waals surface area contributed by atoms with E-state index in [1.807, 2.05) is 20.8 Å². The van der Waals surface area contributed by atoms with Gasteiger partial charge < -0.3 is 33.3 Å². The summed E-state index contributed by atoms with van der Waals surface area (Å²) in [6, 6.07) is 0. The monoisotopic (exact) mass is 419 g/mol. The number of amides is 1. The van der Waals surface area contributed by atoms with Crippen LogP contribution >= 0.6 is 0 Å². The third-order valence-corrected chi connectivity index (χ3v) is 3.20. The zero-order valence-electron chi connectivity index (χ0n) is 18.3. The maximum Gasteiger partial charge on any atom is 0.410 e. The standard InChI is InChI=1S/C20H37NO8/c1-6-9-28-18(22)7-10-24-12-14-26-16-17-27-15-13-25-11-8-21(5)19(23)29-20(2,3)4/h6H,1,7-17H2,2-5H3. The molecule has 0 atom stereocenters. The van der Waals surface area contributed by atoms with E-state index in [0.29, 0.717) is 59.4 Å². The fourth-order valence-electron chi connectivity index (χ4n) is 1.77. The van der Waals surface area contributed by atoms with E-state index in [1.54, 1.807) is 7.05 Å². The summed E-state index contributed by atoms with van der Waals surface area (Å²) in [4.78, 5) is 24.4. The normalized spacial score (nSPS) is 11.2. The number of likely N-dealkylation sites (N-methyl/N-ethyl adjacent to an activating group) is 1. The largest absolute Gasteiger partial charge is 0.461 e. The molecule has 0 rings (SSSR count). The average Bonchev–Trinajstić information content (AvgIpc) is 2.64. The summed E-state index contributed by atoms with van der Waals surface area (Å²) in [5, 5.41) is 0. The van der Waals surface area contributed by atoms with Crippen molar-refractivity contribution in [2.75, 3.05) is 73.1 Å². The molecule has 0 saturated carbocycles. The van der Waals surface area contributed by atoms with Crippen LogP contribution in [-0.2, 0) is 33.2 Å². The molecular weight excluding hydrogens is 382 g/mol. The van der Waals surface area contributed by atoms with Crippen molar-refractivity contribution in [3.05, 3.63) is 12.7 Å². The van der Waals surface area contributed by atoms with Crippen molar-refractivity contribution >= 4 is 12.1 Å².